The molecule has 0 aliphatic heterocycles. The van der Waals surface area contributed by atoms with E-state index in [0.29, 0.717) is 26.9 Å². The maximum atomic E-state index is 6.04. The molecule has 0 unspecified atom stereocenters. The van der Waals surface area contributed by atoms with E-state index >= 15 is 0 Å². The minimum absolute atomic E-state index is 0.242. The molecular weight excluding hydrogens is 281 g/mol. The monoisotopic (exact) mass is 289 g/mol. The molecule has 0 bridgehead atoms. The Morgan fingerprint density at radius 2 is 2.12 bits per heavy atom. The first kappa shape index (κ1) is 12.7. The highest BCUT2D eigenvalue weighted by atomic mass is 35.5. The summed E-state index contributed by atoms with van der Waals surface area (Å²) in [6.45, 7) is 0.242. The van der Waals surface area contributed by atoms with Crippen LogP contribution in [0.3, 0.4) is 0 Å². The molecule has 2 N–H and O–H groups in total. The molecule has 7 heteroatoms. The van der Waals surface area contributed by atoms with Crippen LogP contribution in [0.4, 0.5) is 0 Å². The number of nitrogens with zero attached hydrogens (tertiary/aromatic N) is 2. The molecule has 1 aromatic heterocycles. The van der Waals surface area contributed by atoms with Crippen molar-refractivity contribution >= 4 is 35.0 Å². The Kier molecular flexibility index (Phi) is 4.28. The number of benzene rings is 1. The van der Waals surface area contributed by atoms with Crippen LogP contribution in [0.1, 0.15) is 11.5 Å². The van der Waals surface area contributed by atoms with Crippen LogP contribution in [0.15, 0.2) is 27.8 Å². The predicted octanol–water partition coefficient (Wildman–Crippen LogP) is 3.13. The lowest BCUT2D eigenvalue weighted by Gasteiger charge is -2.02. The zero-order chi connectivity index (χ0) is 12.3. The van der Waals surface area contributed by atoms with Crippen molar-refractivity contribution in [1.82, 2.24) is 10.2 Å². The van der Waals surface area contributed by atoms with Gasteiger partial charge in [-0.15, -0.1) is 10.2 Å². The molecule has 0 aliphatic carbocycles. The van der Waals surface area contributed by atoms with Crippen LogP contribution in [-0.2, 0) is 12.3 Å². The molecule has 0 amide bonds. The molecule has 0 fully saturated rings. The molecule has 0 spiro atoms. The zero-order valence-electron chi connectivity index (χ0n) is 8.69. The molecule has 1 aromatic carbocycles. The fourth-order valence-electron chi connectivity index (χ4n) is 1.17. The summed E-state index contributed by atoms with van der Waals surface area (Å²) < 4.78 is 5.26. The highest BCUT2D eigenvalue weighted by Gasteiger charge is 2.07. The van der Waals surface area contributed by atoms with E-state index in [1.807, 2.05) is 6.07 Å². The van der Waals surface area contributed by atoms with Crippen molar-refractivity contribution in [2.45, 2.75) is 17.5 Å². The van der Waals surface area contributed by atoms with Gasteiger partial charge in [-0.05, 0) is 23.8 Å². The van der Waals surface area contributed by atoms with E-state index < -0.39 is 0 Å². The van der Waals surface area contributed by atoms with Crippen molar-refractivity contribution in [3.8, 4) is 0 Å². The van der Waals surface area contributed by atoms with Crippen molar-refractivity contribution in [2.75, 3.05) is 0 Å². The van der Waals surface area contributed by atoms with Crippen LogP contribution in [-0.4, -0.2) is 10.2 Å². The van der Waals surface area contributed by atoms with Gasteiger partial charge in [-0.2, -0.15) is 0 Å². The van der Waals surface area contributed by atoms with E-state index in [0.717, 1.165) is 5.56 Å². The lowest BCUT2D eigenvalue weighted by molar-refractivity contribution is 0.415. The third kappa shape index (κ3) is 3.35. The van der Waals surface area contributed by atoms with Gasteiger partial charge >= 0.3 is 0 Å². The Balaban J connectivity index is 2.04. The number of nitrogens with two attached hydrogens (primary N) is 1. The molecule has 90 valence electrons. The third-order valence-corrected chi connectivity index (χ3v) is 3.45. The van der Waals surface area contributed by atoms with Gasteiger partial charge in [0.1, 0.15) is 0 Å². The maximum Gasteiger partial charge on any atom is 0.276 e. The molecule has 0 radical (unpaired) electrons. The van der Waals surface area contributed by atoms with E-state index in [2.05, 4.69) is 10.2 Å². The summed E-state index contributed by atoms with van der Waals surface area (Å²) in [4.78, 5) is 0. The molecule has 4 nitrogen and oxygen atoms in total. The summed E-state index contributed by atoms with van der Waals surface area (Å²) in [5.74, 6) is 1.04. The van der Waals surface area contributed by atoms with E-state index in [9.17, 15) is 0 Å². The van der Waals surface area contributed by atoms with Crippen LogP contribution in [0, 0.1) is 0 Å². The summed E-state index contributed by atoms with van der Waals surface area (Å²) in [7, 11) is 0. The lowest BCUT2D eigenvalue weighted by Crippen LogP contribution is -1.95. The topological polar surface area (TPSA) is 64.9 Å². The fraction of sp³-hybridized carbons (Fsp3) is 0.200. The van der Waals surface area contributed by atoms with Crippen molar-refractivity contribution in [2.24, 2.45) is 5.73 Å². The molecule has 1 heterocycles. The van der Waals surface area contributed by atoms with Crippen molar-refractivity contribution in [1.29, 1.82) is 0 Å². The smallest absolute Gasteiger partial charge is 0.276 e. The van der Waals surface area contributed by atoms with Gasteiger partial charge in [0, 0.05) is 15.8 Å². The first-order chi connectivity index (χ1) is 8.19. The van der Waals surface area contributed by atoms with Gasteiger partial charge in [-0.3, -0.25) is 0 Å². The van der Waals surface area contributed by atoms with E-state index in [4.69, 9.17) is 33.4 Å². The summed E-state index contributed by atoms with van der Waals surface area (Å²) in [6, 6.07) is 5.33. The van der Waals surface area contributed by atoms with Gasteiger partial charge in [0.05, 0.1) is 6.54 Å². The fourth-order valence-corrected chi connectivity index (χ4v) is 2.40. The summed E-state index contributed by atoms with van der Waals surface area (Å²) in [5.41, 5.74) is 6.30. The number of rotatable bonds is 4. The molecule has 2 aromatic rings. The number of hydrogen-bond acceptors (Lipinski definition) is 5. The molecular formula is C10H9Cl2N3OS. The first-order valence-electron chi connectivity index (χ1n) is 4.78. The minimum Gasteiger partial charge on any atom is -0.415 e. The number of halogens is 2. The standard InChI is InChI=1S/C10H9Cl2N3OS/c11-7-1-2-8(12)6(3-7)5-17-10-15-14-9(4-13)16-10/h1-3H,4-5,13H2. The molecule has 2 rings (SSSR count). The Bertz CT molecular complexity index is 518. The average molecular weight is 290 g/mol. The van der Waals surface area contributed by atoms with Crippen LogP contribution in [0.25, 0.3) is 0 Å². The van der Waals surface area contributed by atoms with Crippen molar-refractivity contribution in [3.63, 3.8) is 0 Å². The Morgan fingerprint density at radius 1 is 1.29 bits per heavy atom. The average Bonchev–Trinajstić information content (AvgIpc) is 2.78. The Labute approximate surface area is 112 Å². The largest absolute Gasteiger partial charge is 0.415 e. The van der Waals surface area contributed by atoms with E-state index in [1.54, 1.807) is 12.1 Å². The second kappa shape index (κ2) is 5.73. The SMILES string of the molecule is NCc1nnc(SCc2cc(Cl)ccc2Cl)o1. The Morgan fingerprint density at radius 3 is 2.82 bits per heavy atom. The van der Waals surface area contributed by atoms with Gasteiger partial charge in [0.25, 0.3) is 5.22 Å². The predicted molar refractivity (Wildman–Crippen MR) is 68.2 cm³/mol. The minimum atomic E-state index is 0.242. The van der Waals surface area contributed by atoms with E-state index in [1.165, 1.54) is 11.8 Å². The molecule has 0 atom stereocenters. The highest BCUT2D eigenvalue weighted by molar-refractivity contribution is 7.98. The van der Waals surface area contributed by atoms with Gasteiger partial charge in [0.2, 0.25) is 5.89 Å². The van der Waals surface area contributed by atoms with Crippen molar-refractivity contribution < 1.29 is 4.42 Å². The van der Waals surface area contributed by atoms with Crippen LogP contribution in [0.2, 0.25) is 10.0 Å². The summed E-state index contributed by atoms with van der Waals surface area (Å²) in [5, 5.41) is 9.40. The zero-order valence-corrected chi connectivity index (χ0v) is 11.0. The maximum absolute atomic E-state index is 6.04. The molecule has 0 aliphatic rings. The molecule has 0 saturated carbocycles. The second-order valence-corrected chi connectivity index (χ2v) is 4.96. The number of thioether (sulfide) groups is 1. The molecule has 17 heavy (non-hydrogen) atoms. The normalized spacial score (nSPS) is 10.8. The second-order valence-electron chi connectivity index (χ2n) is 3.19. The van der Waals surface area contributed by atoms with Crippen LogP contribution in [0.5, 0.6) is 0 Å². The lowest BCUT2D eigenvalue weighted by atomic mass is 10.2. The van der Waals surface area contributed by atoms with Gasteiger partial charge < -0.3 is 10.2 Å². The summed E-state index contributed by atoms with van der Waals surface area (Å²) in [6.07, 6.45) is 0. The summed E-state index contributed by atoms with van der Waals surface area (Å²) >= 11 is 13.3. The number of hydrogen-bond donors (Lipinski definition) is 1. The van der Waals surface area contributed by atoms with Gasteiger partial charge in [-0.1, -0.05) is 35.0 Å². The molecule has 0 saturated heterocycles. The van der Waals surface area contributed by atoms with Crippen molar-refractivity contribution in [3.05, 3.63) is 39.7 Å². The van der Waals surface area contributed by atoms with E-state index in [-0.39, 0.29) is 6.54 Å². The first-order valence-corrected chi connectivity index (χ1v) is 6.52. The van der Waals surface area contributed by atoms with Crippen LogP contribution < -0.4 is 5.73 Å². The third-order valence-electron chi connectivity index (χ3n) is 1.98. The van der Waals surface area contributed by atoms with Crippen LogP contribution >= 0.6 is 35.0 Å². The van der Waals surface area contributed by atoms with Gasteiger partial charge in [-0.25, -0.2) is 0 Å². The number of aromatic nitrogens is 2. The quantitative estimate of drug-likeness (QED) is 0.876. The Hall–Kier alpha value is -0.750. The highest BCUT2D eigenvalue weighted by Crippen LogP contribution is 2.27. The van der Waals surface area contributed by atoms with Gasteiger partial charge in [0.15, 0.2) is 0 Å².